The number of hydrogen-bond acceptors (Lipinski definition) is 5. The van der Waals surface area contributed by atoms with Crippen molar-refractivity contribution in [1.29, 1.82) is 0 Å². The Labute approximate surface area is 198 Å². The van der Waals surface area contributed by atoms with Crippen molar-refractivity contribution in [1.82, 2.24) is 10.2 Å². The summed E-state index contributed by atoms with van der Waals surface area (Å²) < 4.78 is 11.1. The van der Waals surface area contributed by atoms with E-state index in [1.807, 2.05) is 55.5 Å². The van der Waals surface area contributed by atoms with E-state index in [1.54, 1.807) is 4.90 Å². The number of benzene rings is 2. The van der Waals surface area contributed by atoms with Crippen LogP contribution < -0.4 is 5.32 Å². The lowest BCUT2D eigenvalue weighted by Crippen LogP contribution is -2.52. The van der Waals surface area contributed by atoms with Crippen molar-refractivity contribution < 1.29 is 29.0 Å². The van der Waals surface area contributed by atoms with E-state index in [4.69, 9.17) is 9.47 Å². The van der Waals surface area contributed by atoms with Crippen molar-refractivity contribution in [2.24, 2.45) is 0 Å². The van der Waals surface area contributed by atoms with Gasteiger partial charge in [-0.2, -0.15) is 0 Å². The lowest BCUT2D eigenvalue weighted by molar-refractivity contribution is -0.143. The molecule has 0 radical (unpaired) electrons. The molecule has 0 saturated carbocycles. The highest BCUT2D eigenvalue weighted by atomic mass is 16.5. The van der Waals surface area contributed by atoms with Crippen molar-refractivity contribution in [3.63, 3.8) is 0 Å². The highest BCUT2D eigenvalue weighted by Gasteiger charge is 2.33. The molecule has 1 atom stereocenters. The number of ether oxygens (including phenoxy) is 2. The summed E-state index contributed by atoms with van der Waals surface area (Å²) in [7, 11) is 0. The Balaban J connectivity index is 1.38. The average molecular weight is 467 g/mol. The number of likely N-dealkylation sites (tertiary alicyclic amines) is 1. The first kappa shape index (κ1) is 23.8. The van der Waals surface area contributed by atoms with Gasteiger partial charge >= 0.3 is 12.1 Å². The molecule has 8 nitrogen and oxygen atoms in total. The summed E-state index contributed by atoms with van der Waals surface area (Å²) in [5, 5.41) is 11.8. The Morgan fingerprint density at radius 2 is 1.62 bits per heavy atom. The Bertz CT molecular complexity index is 1000. The Kier molecular flexibility index (Phi) is 7.47. The number of amides is 2. The lowest BCUT2D eigenvalue weighted by atomic mass is 9.98. The minimum atomic E-state index is -1.18. The van der Waals surface area contributed by atoms with Gasteiger partial charge in [-0.3, -0.25) is 9.59 Å². The molecule has 0 spiro atoms. The molecule has 2 aromatic rings. The van der Waals surface area contributed by atoms with Crippen molar-refractivity contribution in [3.8, 4) is 11.1 Å². The van der Waals surface area contributed by atoms with Crippen molar-refractivity contribution in [2.75, 3.05) is 26.3 Å². The molecule has 2 amide bonds. The molecule has 4 rings (SSSR count). The van der Waals surface area contributed by atoms with Gasteiger partial charge in [-0.15, -0.1) is 0 Å². The molecule has 1 aliphatic carbocycles. The minimum absolute atomic E-state index is 0.0909. The monoisotopic (exact) mass is 466 g/mol. The van der Waals surface area contributed by atoms with Crippen LogP contribution in [0.25, 0.3) is 11.1 Å². The normalized spacial score (nSPS) is 16.4. The first-order valence-electron chi connectivity index (χ1n) is 11.7. The molecule has 2 aliphatic rings. The van der Waals surface area contributed by atoms with E-state index in [9.17, 15) is 19.5 Å². The molecule has 180 valence electrons. The summed E-state index contributed by atoms with van der Waals surface area (Å²) in [5.41, 5.74) is 4.38. The number of piperidine rings is 1. The molecule has 8 heteroatoms. The summed E-state index contributed by atoms with van der Waals surface area (Å²) in [6.07, 6.45) is 0.163. The van der Waals surface area contributed by atoms with Gasteiger partial charge in [-0.25, -0.2) is 4.79 Å². The van der Waals surface area contributed by atoms with E-state index in [2.05, 4.69) is 5.32 Å². The van der Waals surface area contributed by atoms with Crippen LogP contribution in [0.3, 0.4) is 0 Å². The number of carboxylic acids is 1. The second-order valence-corrected chi connectivity index (χ2v) is 8.60. The fraction of sp³-hybridized carbons (Fsp3) is 0.423. The minimum Gasteiger partial charge on any atom is -0.481 e. The van der Waals surface area contributed by atoms with Gasteiger partial charge in [0.1, 0.15) is 12.6 Å². The predicted molar refractivity (Wildman–Crippen MR) is 125 cm³/mol. The maximum atomic E-state index is 13.0. The van der Waals surface area contributed by atoms with Gasteiger partial charge in [0, 0.05) is 25.6 Å². The molecule has 1 unspecified atom stereocenters. The van der Waals surface area contributed by atoms with Gasteiger partial charge in [-0.05, 0) is 42.0 Å². The van der Waals surface area contributed by atoms with Crippen LogP contribution in [0.2, 0.25) is 0 Å². The summed E-state index contributed by atoms with van der Waals surface area (Å²) in [6, 6.07) is 14.8. The van der Waals surface area contributed by atoms with Crippen LogP contribution in [0.1, 0.15) is 43.2 Å². The summed E-state index contributed by atoms with van der Waals surface area (Å²) in [6.45, 7) is 3.56. The van der Waals surface area contributed by atoms with E-state index in [-0.39, 0.29) is 18.6 Å². The number of hydrogen-bond donors (Lipinski definition) is 2. The number of nitrogens with zero attached hydrogens (tertiary/aromatic N) is 1. The highest BCUT2D eigenvalue weighted by molar-refractivity contribution is 5.89. The third-order valence-corrected chi connectivity index (χ3v) is 6.47. The summed E-state index contributed by atoms with van der Waals surface area (Å²) >= 11 is 0. The van der Waals surface area contributed by atoms with E-state index < -0.39 is 30.4 Å². The number of carbonyl (C=O) groups excluding carboxylic acids is 2. The SMILES string of the molecule is CCOC1CCN(C(=O)C(CC(=O)O)NC(=O)OCC2c3ccccc3-c3ccccc32)CC1. The summed E-state index contributed by atoms with van der Waals surface area (Å²) in [4.78, 5) is 38.6. The van der Waals surface area contributed by atoms with Crippen molar-refractivity contribution in [2.45, 2.75) is 44.2 Å². The van der Waals surface area contributed by atoms with E-state index in [1.165, 1.54) is 0 Å². The molecule has 1 aliphatic heterocycles. The Morgan fingerprint density at radius 1 is 1.03 bits per heavy atom. The zero-order chi connectivity index (χ0) is 24.1. The summed E-state index contributed by atoms with van der Waals surface area (Å²) in [5.74, 6) is -1.70. The third kappa shape index (κ3) is 5.22. The zero-order valence-corrected chi connectivity index (χ0v) is 19.2. The number of carboxylic acid groups (broad SMARTS) is 1. The van der Waals surface area contributed by atoms with Crippen LogP contribution in [0.5, 0.6) is 0 Å². The van der Waals surface area contributed by atoms with Gasteiger partial charge in [0.15, 0.2) is 0 Å². The molecule has 34 heavy (non-hydrogen) atoms. The Hall–Kier alpha value is -3.39. The van der Waals surface area contributed by atoms with E-state index in [0.29, 0.717) is 32.5 Å². The molecule has 1 fully saturated rings. The van der Waals surface area contributed by atoms with Gasteiger partial charge < -0.3 is 24.8 Å². The van der Waals surface area contributed by atoms with Crippen LogP contribution in [-0.4, -0.2) is 66.4 Å². The fourth-order valence-corrected chi connectivity index (χ4v) is 4.86. The van der Waals surface area contributed by atoms with Crippen molar-refractivity contribution >= 4 is 18.0 Å². The second kappa shape index (κ2) is 10.7. The van der Waals surface area contributed by atoms with Crippen LogP contribution in [0.4, 0.5) is 4.79 Å². The molecule has 0 bridgehead atoms. The first-order chi connectivity index (χ1) is 16.5. The fourth-order valence-electron chi connectivity index (χ4n) is 4.86. The van der Waals surface area contributed by atoms with Crippen LogP contribution in [0, 0.1) is 0 Å². The maximum absolute atomic E-state index is 13.0. The van der Waals surface area contributed by atoms with Gasteiger partial charge in [0.2, 0.25) is 5.91 Å². The van der Waals surface area contributed by atoms with Crippen molar-refractivity contribution in [3.05, 3.63) is 59.7 Å². The van der Waals surface area contributed by atoms with Crippen LogP contribution in [0.15, 0.2) is 48.5 Å². The van der Waals surface area contributed by atoms with Gasteiger partial charge in [-0.1, -0.05) is 48.5 Å². The number of alkyl carbamates (subject to hydrolysis) is 1. The van der Waals surface area contributed by atoms with E-state index >= 15 is 0 Å². The second-order valence-electron chi connectivity index (χ2n) is 8.60. The smallest absolute Gasteiger partial charge is 0.407 e. The van der Waals surface area contributed by atoms with Gasteiger partial charge in [0.05, 0.1) is 12.5 Å². The zero-order valence-electron chi connectivity index (χ0n) is 19.2. The molecule has 1 saturated heterocycles. The molecular formula is C26H30N2O6. The lowest BCUT2D eigenvalue weighted by Gasteiger charge is -2.33. The molecule has 1 heterocycles. The average Bonchev–Trinajstić information content (AvgIpc) is 3.16. The topological polar surface area (TPSA) is 105 Å². The third-order valence-electron chi connectivity index (χ3n) is 6.47. The number of nitrogens with one attached hydrogen (secondary N) is 1. The number of aliphatic carboxylic acids is 1. The molecule has 2 aromatic carbocycles. The van der Waals surface area contributed by atoms with E-state index in [0.717, 1.165) is 22.3 Å². The number of rotatable bonds is 8. The van der Waals surface area contributed by atoms with Crippen LogP contribution >= 0.6 is 0 Å². The predicted octanol–water partition coefficient (Wildman–Crippen LogP) is 3.40. The Morgan fingerprint density at radius 3 is 2.18 bits per heavy atom. The molecule has 0 aromatic heterocycles. The largest absolute Gasteiger partial charge is 0.481 e. The quantitative estimate of drug-likeness (QED) is 0.618. The number of carbonyl (C=O) groups is 3. The van der Waals surface area contributed by atoms with Crippen LogP contribution in [-0.2, 0) is 19.1 Å². The standard InChI is InChI=1S/C26H30N2O6/c1-2-33-17-11-13-28(14-12-17)25(31)23(15-24(29)30)27-26(32)34-16-22-20-9-5-3-7-18(20)19-8-4-6-10-21(19)22/h3-10,17,22-23H,2,11-16H2,1H3,(H,27,32)(H,29,30). The highest BCUT2D eigenvalue weighted by Crippen LogP contribution is 2.44. The number of fused-ring (bicyclic) bond motifs is 3. The molecule has 2 N–H and O–H groups in total. The maximum Gasteiger partial charge on any atom is 0.407 e. The molecular weight excluding hydrogens is 436 g/mol. The van der Waals surface area contributed by atoms with Gasteiger partial charge in [0.25, 0.3) is 0 Å². The first-order valence-corrected chi connectivity index (χ1v) is 11.7.